The molecule has 36 heavy (non-hydrogen) atoms. The fourth-order valence-electron chi connectivity index (χ4n) is 4.11. The first kappa shape index (κ1) is 24.8. The topological polar surface area (TPSA) is 118 Å². The van der Waals surface area contributed by atoms with Gasteiger partial charge in [0.25, 0.3) is 0 Å². The Bertz CT molecular complexity index is 1210. The molecule has 0 unspecified atom stereocenters. The number of ether oxygens (including phenoxy) is 1. The summed E-state index contributed by atoms with van der Waals surface area (Å²) in [5, 5.41) is 12.3. The molecule has 4 rings (SSSR count). The summed E-state index contributed by atoms with van der Waals surface area (Å²) in [5.74, 6) is -0.708. The van der Waals surface area contributed by atoms with Crippen LogP contribution in [0.1, 0.15) is 12.6 Å². The van der Waals surface area contributed by atoms with Gasteiger partial charge in [-0.25, -0.2) is 14.4 Å². The lowest BCUT2D eigenvalue weighted by Gasteiger charge is -2.36. The zero-order chi connectivity index (χ0) is 25.5. The minimum Gasteiger partial charge on any atom is -0.465 e. The second-order valence-corrected chi connectivity index (χ2v) is 8.03. The predicted octanol–water partition coefficient (Wildman–Crippen LogP) is 2.82. The van der Waals surface area contributed by atoms with E-state index in [2.05, 4.69) is 15.0 Å². The minimum absolute atomic E-state index is 0.000222. The first-order valence-electron chi connectivity index (χ1n) is 11.5. The highest BCUT2D eigenvalue weighted by Gasteiger charge is 2.33. The molecule has 1 aliphatic heterocycles. The molecule has 1 saturated heterocycles. The zero-order valence-corrected chi connectivity index (χ0v) is 19.8. The first-order chi connectivity index (χ1) is 17.5. The molecule has 3 aromatic rings. The van der Waals surface area contributed by atoms with Crippen LogP contribution in [0.2, 0.25) is 0 Å². The van der Waals surface area contributed by atoms with Crippen molar-refractivity contribution in [2.24, 2.45) is 0 Å². The monoisotopic (exact) mass is 495 g/mol. The molecule has 0 spiro atoms. The van der Waals surface area contributed by atoms with Gasteiger partial charge in [-0.05, 0) is 31.2 Å². The standard InChI is InChI=1S/C24H26FN7O4/c1-2-36-21(33)16-31(15-18-7-5-6-10-26-18)24-22(32(34)35)23(27-17-28-24)30-13-11-29(12-14-30)20-9-4-3-8-19(20)25/h3-10,17H,2,11-16H2,1H3. The number of pyridine rings is 1. The summed E-state index contributed by atoms with van der Waals surface area (Å²) in [5.41, 5.74) is 0.790. The van der Waals surface area contributed by atoms with Gasteiger partial charge in [-0.2, -0.15) is 0 Å². The number of hydrogen-bond acceptors (Lipinski definition) is 10. The Labute approximate surface area is 207 Å². The van der Waals surface area contributed by atoms with Crippen LogP contribution >= 0.6 is 0 Å². The number of carbonyl (C=O) groups excluding carboxylic acids is 1. The smallest absolute Gasteiger partial charge is 0.353 e. The maximum absolute atomic E-state index is 14.2. The van der Waals surface area contributed by atoms with E-state index in [-0.39, 0.29) is 42.8 Å². The largest absolute Gasteiger partial charge is 0.465 e. The second kappa shape index (κ2) is 11.4. The number of benzene rings is 1. The Morgan fingerprint density at radius 2 is 1.81 bits per heavy atom. The average Bonchev–Trinajstić information content (AvgIpc) is 2.89. The number of esters is 1. The van der Waals surface area contributed by atoms with Crippen molar-refractivity contribution in [1.29, 1.82) is 0 Å². The number of rotatable bonds is 9. The lowest BCUT2D eigenvalue weighted by molar-refractivity contribution is -0.383. The van der Waals surface area contributed by atoms with Gasteiger partial charge in [0.2, 0.25) is 11.6 Å². The van der Waals surface area contributed by atoms with Crippen molar-refractivity contribution < 1.29 is 18.8 Å². The van der Waals surface area contributed by atoms with Gasteiger partial charge >= 0.3 is 11.7 Å². The molecule has 1 fully saturated rings. The van der Waals surface area contributed by atoms with Crippen LogP contribution in [-0.2, 0) is 16.1 Å². The van der Waals surface area contributed by atoms with Gasteiger partial charge in [0, 0.05) is 32.4 Å². The maximum atomic E-state index is 14.2. The molecule has 0 bridgehead atoms. The van der Waals surface area contributed by atoms with Gasteiger partial charge in [0.15, 0.2) is 0 Å². The predicted molar refractivity (Wildman–Crippen MR) is 131 cm³/mol. The molecule has 1 aromatic carbocycles. The lowest BCUT2D eigenvalue weighted by atomic mass is 10.2. The highest BCUT2D eigenvalue weighted by atomic mass is 19.1. The average molecular weight is 496 g/mol. The van der Waals surface area contributed by atoms with E-state index in [9.17, 15) is 19.3 Å². The van der Waals surface area contributed by atoms with E-state index in [0.717, 1.165) is 0 Å². The fourth-order valence-corrected chi connectivity index (χ4v) is 4.11. The summed E-state index contributed by atoms with van der Waals surface area (Å²) in [6, 6.07) is 11.8. The molecule has 0 aliphatic carbocycles. The van der Waals surface area contributed by atoms with Crippen molar-refractivity contribution in [2.45, 2.75) is 13.5 Å². The third kappa shape index (κ3) is 5.65. The highest BCUT2D eigenvalue weighted by Crippen LogP contribution is 2.35. The quantitative estimate of drug-likeness (QED) is 0.249. The van der Waals surface area contributed by atoms with Crippen molar-refractivity contribution >= 4 is 29.0 Å². The second-order valence-electron chi connectivity index (χ2n) is 8.03. The van der Waals surface area contributed by atoms with Gasteiger partial charge in [0.05, 0.1) is 29.5 Å². The Morgan fingerprint density at radius 1 is 1.08 bits per heavy atom. The van der Waals surface area contributed by atoms with E-state index < -0.39 is 10.9 Å². The highest BCUT2D eigenvalue weighted by molar-refractivity contribution is 5.79. The summed E-state index contributed by atoms with van der Waals surface area (Å²) in [7, 11) is 0. The summed E-state index contributed by atoms with van der Waals surface area (Å²) in [6.07, 6.45) is 2.85. The summed E-state index contributed by atoms with van der Waals surface area (Å²) in [4.78, 5) is 41.9. The molecule has 3 heterocycles. The lowest BCUT2D eigenvalue weighted by Crippen LogP contribution is -2.47. The maximum Gasteiger partial charge on any atom is 0.353 e. The molecule has 11 nitrogen and oxygen atoms in total. The molecule has 0 atom stereocenters. The van der Waals surface area contributed by atoms with Crippen molar-refractivity contribution in [1.82, 2.24) is 15.0 Å². The van der Waals surface area contributed by atoms with Crippen molar-refractivity contribution in [3.8, 4) is 0 Å². The number of hydrogen-bond donors (Lipinski definition) is 0. The summed E-state index contributed by atoms with van der Waals surface area (Å²) in [6.45, 7) is 3.43. The van der Waals surface area contributed by atoms with Gasteiger partial charge in [-0.3, -0.25) is 19.9 Å². The van der Waals surface area contributed by atoms with Gasteiger partial charge in [0.1, 0.15) is 18.7 Å². The normalized spacial score (nSPS) is 13.4. The molecule has 2 aromatic heterocycles. The van der Waals surface area contributed by atoms with Crippen LogP contribution in [0.5, 0.6) is 0 Å². The Hall–Kier alpha value is -4.35. The Kier molecular flexibility index (Phi) is 7.83. The van der Waals surface area contributed by atoms with Crippen LogP contribution in [0.25, 0.3) is 0 Å². The van der Waals surface area contributed by atoms with Gasteiger partial charge in [-0.1, -0.05) is 18.2 Å². The van der Waals surface area contributed by atoms with Crippen LogP contribution in [-0.4, -0.2) is 65.2 Å². The van der Waals surface area contributed by atoms with Gasteiger partial charge < -0.3 is 19.4 Å². The molecule has 12 heteroatoms. The number of nitrogens with zero attached hydrogens (tertiary/aromatic N) is 7. The van der Waals surface area contributed by atoms with Crippen LogP contribution in [0, 0.1) is 15.9 Å². The zero-order valence-electron chi connectivity index (χ0n) is 19.8. The van der Waals surface area contributed by atoms with Crippen molar-refractivity contribution in [3.05, 3.63) is 76.6 Å². The molecular weight excluding hydrogens is 469 g/mol. The number of aromatic nitrogens is 3. The van der Waals surface area contributed by atoms with E-state index in [4.69, 9.17) is 4.74 Å². The van der Waals surface area contributed by atoms with E-state index in [1.807, 2.05) is 4.90 Å². The molecular formula is C24H26FN7O4. The minimum atomic E-state index is -0.540. The van der Waals surface area contributed by atoms with E-state index in [0.29, 0.717) is 37.6 Å². The number of halogens is 1. The number of piperazine rings is 1. The fraction of sp³-hybridized carbons (Fsp3) is 0.333. The van der Waals surface area contributed by atoms with Crippen LogP contribution < -0.4 is 14.7 Å². The summed E-state index contributed by atoms with van der Waals surface area (Å²) < 4.78 is 19.3. The SMILES string of the molecule is CCOC(=O)CN(Cc1ccccn1)c1ncnc(N2CCN(c3ccccc3F)CC2)c1[N+](=O)[O-]. The molecule has 188 valence electrons. The van der Waals surface area contributed by atoms with Crippen LogP contribution in [0.15, 0.2) is 55.0 Å². The number of anilines is 3. The van der Waals surface area contributed by atoms with E-state index >= 15 is 0 Å². The Morgan fingerprint density at radius 3 is 2.47 bits per heavy atom. The van der Waals surface area contributed by atoms with Crippen LogP contribution in [0.4, 0.5) is 27.4 Å². The van der Waals surface area contributed by atoms with E-state index in [1.165, 1.54) is 17.3 Å². The first-order valence-corrected chi connectivity index (χ1v) is 11.5. The van der Waals surface area contributed by atoms with Crippen molar-refractivity contribution in [2.75, 3.05) is 54.0 Å². The van der Waals surface area contributed by atoms with Gasteiger partial charge in [-0.15, -0.1) is 0 Å². The molecule has 0 N–H and O–H groups in total. The summed E-state index contributed by atoms with van der Waals surface area (Å²) >= 11 is 0. The molecule has 1 aliphatic rings. The molecule has 0 saturated carbocycles. The van der Waals surface area contributed by atoms with E-state index in [1.54, 1.807) is 54.4 Å². The number of nitro groups is 1. The molecule has 0 amide bonds. The van der Waals surface area contributed by atoms with Crippen LogP contribution in [0.3, 0.4) is 0 Å². The third-order valence-corrected chi connectivity index (χ3v) is 5.74. The third-order valence-electron chi connectivity index (χ3n) is 5.74. The molecule has 0 radical (unpaired) electrons. The Balaban J connectivity index is 1.63. The number of para-hydroxylation sites is 1. The number of carbonyl (C=O) groups is 1. The van der Waals surface area contributed by atoms with Crippen molar-refractivity contribution in [3.63, 3.8) is 0 Å².